The van der Waals surface area contributed by atoms with Crippen molar-refractivity contribution >= 4 is 11.3 Å². The lowest BCUT2D eigenvalue weighted by molar-refractivity contribution is 0.454. The molecule has 2 unspecified atom stereocenters. The Bertz CT molecular complexity index is 377. The second-order valence-electron chi connectivity index (χ2n) is 5.93. The van der Waals surface area contributed by atoms with Gasteiger partial charge in [0.25, 0.3) is 0 Å². The summed E-state index contributed by atoms with van der Waals surface area (Å²) in [6.07, 6.45) is 2.34. The first-order valence-electron chi connectivity index (χ1n) is 6.09. The predicted molar refractivity (Wildman–Crippen MR) is 70.0 cm³/mol. The van der Waals surface area contributed by atoms with Crippen molar-refractivity contribution < 1.29 is 0 Å². The molecule has 90 valence electrons. The van der Waals surface area contributed by atoms with E-state index >= 15 is 0 Å². The van der Waals surface area contributed by atoms with E-state index in [9.17, 15) is 0 Å². The molecule has 1 aromatic rings. The Balaban J connectivity index is 2.20. The summed E-state index contributed by atoms with van der Waals surface area (Å²) in [5.74, 6) is 0.685. The molecule has 0 radical (unpaired) electrons. The Morgan fingerprint density at radius 2 is 2.25 bits per heavy atom. The first kappa shape index (κ1) is 12.1. The van der Waals surface area contributed by atoms with Gasteiger partial charge >= 0.3 is 0 Å². The lowest BCUT2D eigenvalue weighted by Crippen LogP contribution is -2.31. The summed E-state index contributed by atoms with van der Waals surface area (Å²) in [6, 6.07) is 0. The molecule has 0 bridgehead atoms. The summed E-state index contributed by atoms with van der Waals surface area (Å²) in [4.78, 5) is 4.82. The van der Waals surface area contributed by atoms with Gasteiger partial charge in [0.05, 0.1) is 10.7 Å². The number of hydrogen-bond acceptors (Lipinski definition) is 3. The molecular weight excluding hydrogens is 216 g/mol. The highest BCUT2D eigenvalue weighted by molar-refractivity contribution is 7.09. The third kappa shape index (κ3) is 1.91. The molecule has 0 spiro atoms. The van der Waals surface area contributed by atoms with E-state index in [4.69, 9.17) is 10.7 Å². The maximum Gasteiger partial charge on any atom is 0.0965 e. The molecule has 0 amide bonds. The van der Waals surface area contributed by atoms with Crippen LogP contribution in [0.25, 0.3) is 0 Å². The number of nitrogens with zero attached hydrogens (tertiary/aromatic N) is 1. The zero-order valence-electron chi connectivity index (χ0n) is 10.7. The van der Waals surface area contributed by atoms with Crippen molar-refractivity contribution in [2.24, 2.45) is 11.1 Å². The summed E-state index contributed by atoms with van der Waals surface area (Å²) < 4.78 is 0. The van der Waals surface area contributed by atoms with Gasteiger partial charge in [-0.15, -0.1) is 11.3 Å². The molecule has 3 heteroatoms. The minimum atomic E-state index is 0.0633. The summed E-state index contributed by atoms with van der Waals surface area (Å²) in [7, 11) is 0. The molecule has 1 aliphatic rings. The summed E-state index contributed by atoms with van der Waals surface area (Å²) in [5.41, 5.74) is 7.60. The molecule has 0 aromatic carbocycles. The second-order valence-corrected chi connectivity index (χ2v) is 6.82. The van der Waals surface area contributed by atoms with Gasteiger partial charge in [-0.25, -0.2) is 4.98 Å². The lowest BCUT2D eigenvalue weighted by Gasteiger charge is -2.23. The zero-order valence-corrected chi connectivity index (χ0v) is 11.5. The van der Waals surface area contributed by atoms with Crippen LogP contribution in [-0.4, -0.2) is 11.5 Å². The fourth-order valence-electron chi connectivity index (χ4n) is 2.04. The zero-order chi connectivity index (χ0) is 12.0. The third-order valence-electron chi connectivity index (χ3n) is 4.18. The van der Waals surface area contributed by atoms with Crippen LogP contribution in [0.5, 0.6) is 0 Å². The van der Waals surface area contributed by atoms with Crippen LogP contribution in [0.1, 0.15) is 57.2 Å². The number of nitrogens with two attached hydrogens (primary N) is 1. The summed E-state index contributed by atoms with van der Waals surface area (Å²) >= 11 is 1.81. The molecule has 2 N–H and O–H groups in total. The van der Waals surface area contributed by atoms with E-state index in [0.717, 1.165) is 6.42 Å². The Kier molecular flexibility index (Phi) is 2.87. The fraction of sp³-hybridized carbons (Fsp3) is 0.769. The molecule has 0 aliphatic heterocycles. The Morgan fingerprint density at radius 1 is 1.62 bits per heavy atom. The molecule has 2 atom stereocenters. The van der Waals surface area contributed by atoms with Crippen molar-refractivity contribution in [2.45, 2.75) is 51.9 Å². The van der Waals surface area contributed by atoms with Gasteiger partial charge in [0.15, 0.2) is 0 Å². The van der Waals surface area contributed by atoms with Gasteiger partial charge in [-0.3, -0.25) is 0 Å². The van der Waals surface area contributed by atoms with E-state index in [-0.39, 0.29) is 5.41 Å². The standard InChI is InChI=1S/C13H22N2S/c1-5-13(4,8-14)10-7-16-11(15-10)9-6-12(9,2)3/h7,9H,5-6,8,14H2,1-4H3. The van der Waals surface area contributed by atoms with Crippen LogP contribution in [0.15, 0.2) is 5.38 Å². The van der Waals surface area contributed by atoms with Crippen molar-refractivity contribution in [1.82, 2.24) is 4.98 Å². The van der Waals surface area contributed by atoms with Crippen LogP contribution < -0.4 is 5.73 Å². The minimum Gasteiger partial charge on any atom is -0.330 e. The maximum absolute atomic E-state index is 5.87. The van der Waals surface area contributed by atoms with Crippen LogP contribution in [0.3, 0.4) is 0 Å². The maximum atomic E-state index is 5.87. The van der Waals surface area contributed by atoms with Crippen molar-refractivity contribution in [2.75, 3.05) is 6.54 Å². The topological polar surface area (TPSA) is 38.9 Å². The van der Waals surface area contributed by atoms with Gasteiger partial charge in [0, 0.05) is 23.3 Å². The highest BCUT2D eigenvalue weighted by Gasteiger charge is 2.48. The Morgan fingerprint density at radius 3 is 2.69 bits per heavy atom. The fourth-order valence-corrected chi connectivity index (χ4v) is 3.33. The number of hydrogen-bond donors (Lipinski definition) is 1. The quantitative estimate of drug-likeness (QED) is 0.874. The molecule has 1 aliphatic carbocycles. The van der Waals surface area contributed by atoms with Crippen molar-refractivity contribution in [3.8, 4) is 0 Å². The van der Waals surface area contributed by atoms with E-state index < -0.39 is 0 Å². The third-order valence-corrected chi connectivity index (χ3v) is 5.14. The highest BCUT2D eigenvalue weighted by Crippen LogP contribution is 2.59. The molecule has 0 saturated heterocycles. The summed E-state index contributed by atoms with van der Waals surface area (Å²) in [5, 5.41) is 3.52. The van der Waals surface area contributed by atoms with Gasteiger partial charge < -0.3 is 5.73 Å². The van der Waals surface area contributed by atoms with Gasteiger partial charge in [-0.1, -0.05) is 27.7 Å². The molecule has 1 heterocycles. The lowest BCUT2D eigenvalue weighted by atomic mass is 9.85. The Labute approximate surface area is 102 Å². The first-order valence-corrected chi connectivity index (χ1v) is 6.97. The molecular formula is C13H22N2S. The summed E-state index contributed by atoms with van der Waals surface area (Å²) in [6.45, 7) is 9.72. The predicted octanol–water partition coefficient (Wildman–Crippen LogP) is 3.28. The second kappa shape index (κ2) is 3.81. The number of rotatable bonds is 4. The van der Waals surface area contributed by atoms with Crippen LogP contribution in [0.2, 0.25) is 0 Å². The SMILES string of the molecule is CCC(C)(CN)c1csc(C2CC2(C)C)n1. The van der Waals surface area contributed by atoms with Gasteiger partial charge in [0.1, 0.15) is 0 Å². The Hall–Kier alpha value is -0.410. The minimum absolute atomic E-state index is 0.0633. The highest BCUT2D eigenvalue weighted by atomic mass is 32.1. The first-order chi connectivity index (χ1) is 7.43. The van der Waals surface area contributed by atoms with Gasteiger partial charge in [-0.05, 0) is 18.3 Å². The number of aromatic nitrogens is 1. The van der Waals surface area contributed by atoms with Crippen molar-refractivity contribution in [3.05, 3.63) is 16.1 Å². The van der Waals surface area contributed by atoms with Crippen molar-refractivity contribution in [3.63, 3.8) is 0 Å². The molecule has 16 heavy (non-hydrogen) atoms. The molecule has 2 nitrogen and oxygen atoms in total. The van der Waals surface area contributed by atoms with Crippen LogP contribution in [-0.2, 0) is 5.41 Å². The van der Waals surface area contributed by atoms with E-state index in [1.54, 1.807) is 0 Å². The van der Waals surface area contributed by atoms with E-state index in [1.165, 1.54) is 17.1 Å². The van der Waals surface area contributed by atoms with Crippen molar-refractivity contribution in [1.29, 1.82) is 0 Å². The molecule has 1 aromatic heterocycles. The molecule has 2 rings (SSSR count). The smallest absolute Gasteiger partial charge is 0.0965 e. The van der Waals surface area contributed by atoms with Gasteiger partial charge in [-0.2, -0.15) is 0 Å². The number of thiazole rings is 1. The van der Waals surface area contributed by atoms with E-state index in [0.29, 0.717) is 17.9 Å². The van der Waals surface area contributed by atoms with Crippen LogP contribution >= 0.6 is 11.3 Å². The van der Waals surface area contributed by atoms with E-state index in [2.05, 4.69) is 33.1 Å². The average Bonchev–Trinajstić information content (AvgIpc) is 2.70. The van der Waals surface area contributed by atoms with Crippen LogP contribution in [0, 0.1) is 5.41 Å². The normalized spacial score (nSPS) is 26.4. The average molecular weight is 238 g/mol. The van der Waals surface area contributed by atoms with Gasteiger partial charge in [0.2, 0.25) is 0 Å². The molecule has 1 fully saturated rings. The molecule has 1 saturated carbocycles. The monoisotopic (exact) mass is 238 g/mol. The van der Waals surface area contributed by atoms with E-state index in [1.807, 2.05) is 11.3 Å². The van der Waals surface area contributed by atoms with Crippen LogP contribution in [0.4, 0.5) is 0 Å². The largest absolute Gasteiger partial charge is 0.330 e.